The summed E-state index contributed by atoms with van der Waals surface area (Å²) >= 11 is 3.38. The molecule has 2 aromatic rings. The zero-order valence-electron chi connectivity index (χ0n) is 8.31. The van der Waals surface area contributed by atoms with Gasteiger partial charge in [0, 0.05) is 17.1 Å². The molecule has 0 aliphatic rings. The van der Waals surface area contributed by atoms with Gasteiger partial charge in [0.05, 0.1) is 24.3 Å². The van der Waals surface area contributed by atoms with E-state index in [1.54, 1.807) is 6.33 Å². The molecule has 1 N–H and O–H groups in total. The molecule has 0 saturated carbocycles. The van der Waals surface area contributed by atoms with Crippen LogP contribution in [0, 0.1) is 0 Å². The molecule has 0 unspecified atom stereocenters. The summed E-state index contributed by atoms with van der Waals surface area (Å²) in [4.78, 5) is 4.27. The van der Waals surface area contributed by atoms with Crippen molar-refractivity contribution in [2.24, 2.45) is 7.05 Å². The minimum atomic E-state index is 0.00188. The van der Waals surface area contributed by atoms with E-state index in [-0.39, 0.29) is 6.61 Å². The van der Waals surface area contributed by atoms with Crippen LogP contribution in [-0.4, -0.2) is 14.7 Å². The Morgan fingerprint density at radius 2 is 2.00 bits per heavy atom. The molecule has 0 radical (unpaired) electrons. The maximum atomic E-state index is 9.23. The second-order valence-corrected chi connectivity index (χ2v) is 4.23. The lowest BCUT2D eigenvalue weighted by Crippen LogP contribution is -1.95. The Morgan fingerprint density at radius 3 is 2.60 bits per heavy atom. The minimum Gasteiger partial charge on any atom is -0.390 e. The van der Waals surface area contributed by atoms with E-state index >= 15 is 0 Å². The minimum absolute atomic E-state index is 0.00188. The van der Waals surface area contributed by atoms with Gasteiger partial charge in [-0.3, -0.25) is 0 Å². The standard InChI is InChI=1S/C11H11BrN2O/c1-14-7-13-11(10(14)6-15)8-2-4-9(12)5-3-8/h2-5,7,15H,6H2,1H3. The van der Waals surface area contributed by atoms with Crippen LogP contribution in [0.5, 0.6) is 0 Å². The number of nitrogens with zero attached hydrogens (tertiary/aromatic N) is 2. The van der Waals surface area contributed by atoms with E-state index in [0.29, 0.717) is 0 Å². The largest absolute Gasteiger partial charge is 0.390 e. The van der Waals surface area contributed by atoms with Gasteiger partial charge in [-0.2, -0.15) is 0 Å². The van der Waals surface area contributed by atoms with Crippen LogP contribution >= 0.6 is 15.9 Å². The summed E-state index contributed by atoms with van der Waals surface area (Å²) in [6.45, 7) is 0.00188. The Balaban J connectivity index is 2.49. The fourth-order valence-electron chi connectivity index (χ4n) is 1.49. The highest BCUT2D eigenvalue weighted by Crippen LogP contribution is 2.23. The van der Waals surface area contributed by atoms with Crippen molar-refractivity contribution in [3.05, 3.63) is 40.8 Å². The van der Waals surface area contributed by atoms with Crippen molar-refractivity contribution < 1.29 is 5.11 Å². The zero-order chi connectivity index (χ0) is 10.8. The predicted octanol–water partition coefficient (Wildman–Crippen LogP) is 2.34. The second kappa shape index (κ2) is 4.16. The number of aromatic nitrogens is 2. The van der Waals surface area contributed by atoms with Crippen molar-refractivity contribution in [2.45, 2.75) is 6.61 Å². The van der Waals surface area contributed by atoms with Gasteiger partial charge in [0.25, 0.3) is 0 Å². The molecule has 0 aliphatic heterocycles. The third kappa shape index (κ3) is 1.96. The van der Waals surface area contributed by atoms with E-state index in [1.807, 2.05) is 35.9 Å². The molecule has 3 nitrogen and oxygen atoms in total. The van der Waals surface area contributed by atoms with Gasteiger partial charge in [-0.1, -0.05) is 28.1 Å². The highest BCUT2D eigenvalue weighted by molar-refractivity contribution is 9.10. The molecule has 0 fully saturated rings. The summed E-state index contributed by atoms with van der Waals surface area (Å²) in [5.41, 5.74) is 2.69. The first-order valence-electron chi connectivity index (χ1n) is 4.59. The normalized spacial score (nSPS) is 10.6. The van der Waals surface area contributed by atoms with E-state index in [2.05, 4.69) is 20.9 Å². The Kier molecular flexibility index (Phi) is 2.88. The third-order valence-electron chi connectivity index (χ3n) is 2.33. The molecule has 1 aromatic carbocycles. The monoisotopic (exact) mass is 266 g/mol. The van der Waals surface area contributed by atoms with E-state index in [4.69, 9.17) is 0 Å². The summed E-state index contributed by atoms with van der Waals surface area (Å²) in [6.07, 6.45) is 1.71. The molecule has 78 valence electrons. The topological polar surface area (TPSA) is 38.0 Å². The second-order valence-electron chi connectivity index (χ2n) is 3.32. The maximum absolute atomic E-state index is 9.23. The van der Waals surface area contributed by atoms with Crippen molar-refractivity contribution in [3.8, 4) is 11.3 Å². The van der Waals surface area contributed by atoms with Crippen molar-refractivity contribution in [2.75, 3.05) is 0 Å². The number of aliphatic hydroxyl groups excluding tert-OH is 1. The molecule has 4 heteroatoms. The van der Waals surface area contributed by atoms with Crippen LogP contribution in [0.4, 0.5) is 0 Å². The van der Waals surface area contributed by atoms with Crippen LogP contribution in [0.3, 0.4) is 0 Å². The van der Waals surface area contributed by atoms with Crippen molar-refractivity contribution in [1.82, 2.24) is 9.55 Å². The highest BCUT2D eigenvalue weighted by Gasteiger charge is 2.09. The van der Waals surface area contributed by atoms with Crippen LogP contribution < -0.4 is 0 Å². The van der Waals surface area contributed by atoms with Gasteiger partial charge >= 0.3 is 0 Å². The predicted molar refractivity (Wildman–Crippen MR) is 62.3 cm³/mol. The summed E-state index contributed by atoms with van der Waals surface area (Å²) < 4.78 is 2.87. The maximum Gasteiger partial charge on any atom is 0.0954 e. The summed E-state index contributed by atoms with van der Waals surface area (Å²) in [6, 6.07) is 7.88. The fourth-order valence-corrected chi connectivity index (χ4v) is 1.76. The lowest BCUT2D eigenvalue weighted by atomic mass is 10.1. The number of benzene rings is 1. The zero-order valence-corrected chi connectivity index (χ0v) is 9.90. The third-order valence-corrected chi connectivity index (χ3v) is 2.86. The first-order chi connectivity index (χ1) is 7.22. The lowest BCUT2D eigenvalue weighted by Gasteiger charge is -2.02. The number of rotatable bonds is 2. The van der Waals surface area contributed by atoms with E-state index in [0.717, 1.165) is 21.4 Å². The highest BCUT2D eigenvalue weighted by atomic mass is 79.9. The van der Waals surface area contributed by atoms with Gasteiger partial charge in [-0.05, 0) is 12.1 Å². The fraction of sp³-hybridized carbons (Fsp3) is 0.182. The molecule has 15 heavy (non-hydrogen) atoms. The molecule has 1 aromatic heterocycles. The number of halogens is 1. The number of aryl methyl sites for hydroxylation is 1. The van der Waals surface area contributed by atoms with Crippen LogP contribution in [0.2, 0.25) is 0 Å². The van der Waals surface area contributed by atoms with E-state index in [1.165, 1.54) is 0 Å². The molecule has 0 bridgehead atoms. The number of hydrogen-bond donors (Lipinski definition) is 1. The Bertz CT molecular complexity index is 462. The summed E-state index contributed by atoms with van der Waals surface area (Å²) in [5, 5.41) is 9.23. The van der Waals surface area contributed by atoms with E-state index in [9.17, 15) is 5.11 Å². The van der Waals surface area contributed by atoms with Gasteiger partial charge in [0.1, 0.15) is 0 Å². The Morgan fingerprint density at radius 1 is 1.33 bits per heavy atom. The van der Waals surface area contributed by atoms with E-state index < -0.39 is 0 Å². The van der Waals surface area contributed by atoms with Gasteiger partial charge in [0.2, 0.25) is 0 Å². The quantitative estimate of drug-likeness (QED) is 0.906. The summed E-state index contributed by atoms with van der Waals surface area (Å²) in [7, 11) is 1.88. The Labute approximate surface area is 96.5 Å². The van der Waals surface area contributed by atoms with Gasteiger partial charge in [0.15, 0.2) is 0 Å². The molecule has 2 rings (SSSR count). The molecular weight excluding hydrogens is 256 g/mol. The van der Waals surface area contributed by atoms with Gasteiger partial charge in [-0.15, -0.1) is 0 Å². The first-order valence-corrected chi connectivity index (χ1v) is 5.38. The first kappa shape index (κ1) is 10.4. The van der Waals surface area contributed by atoms with Crippen LogP contribution in [-0.2, 0) is 13.7 Å². The SMILES string of the molecule is Cn1cnc(-c2ccc(Br)cc2)c1CO. The van der Waals surface area contributed by atoms with Gasteiger partial charge in [-0.25, -0.2) is 4.98 Å². The number of hydrogen-bond acceptors (Lipinski definition) is 2. The molecule has 0 saturated heterocycles. The molecule has 0 aliphatic carbocycles. The van der Waals surface area contributed by atoms with Crippen LogP contribution in [0.25, 0.3) is 11.3 Å². The van der Waals surface area contributed by atoms with Crippen molar-refractivity contribution in [1.29, 1.82) is 0 Å². The average Bonchev–Trinajstić information content (AvgIpc) is 2.61. The number of imidazole rings is 1. The smallest absolute Gasteiger partial charge is 0.0954 e. The molecule has 0 spiro atoms. The number of aliphatic hydroxyl groups is 1. The van der Waals surface area contributed by atoms with Crippen molar-refractivity contribution >= 4 is 15.9 Å². The van der Waals surface area contributed by atoms with Crippen molar-refractivity contribution in [3.63, 3.8) is 0 Å². The molecule has 1 heterocycles. The molecule has 0 atom stereocenters. The van der Waals surface area contributed by atoms with Crippen LogP contribution in [0.15, 0.2) is 35.1 Å². The molecular formula is C11H11BrN2O. The lowest BCUT2D eigenvalue weighted by molar-refractivity contribution is 0.273. The summed E-state index contributed by atoms with van der Waals surface area (Å²) in [5.74, 6) is 0. The molecule has 0 amide bonds. The Hall–Kier alpha value is -1.13. The van der Waals surface area contributed by atoms with Gasteiger partial charge < -0.3 is 9.67 Å². The average molecular weight is 267 g/mol. The van der Waals surface area contributed by atoms with Crippen LogP contribution in [0.1, 0.15) is 5.69 Å².